The zero-order valence-corrected chi connectivity index (χ0v) is 29.3. The maximum Gasteiger partial charge on any atom is 0.160 e. The molecule has 0 fully saturated rings. The van der Waals surface area contributed by atoms with Crippen LogP contribution in [0.4, 0.5) is 0 Å². The van der Waals surface area contributed by atoms with Gasteiger partial charge in [-0.25, -0.2) is 9.97 Å². The fourth-order valence-corrected chi connectivity index (χ4v) is 8.83. The quantitative estimate of drug-likeness (QED) is 0.186. The molecule has 0 aliphatic heterocycles. The highest BCUT2D eigenvalue weighted by atomic mass is 16.3. The molecule has 0 saturated carbocycles. The molecule has 0 unspecified atom stereocenters. The Bertz CT molecular complexity index is 3020. The van der Waals surface area contributed by atoms with Crippen LogP contribution in [0.1, 0.15) is 25.0 Å². The van der Waals surface area contributed by atoms with Crippen LogP contribution in [-0.2, 0) is 5.41 Å². The van der Waals surface area contributed by atoms with Gasteiger partial charge in [-0.15, -0.1) is 0 Å². The van der Waals surface area contributed by atoms with Gasteiger partial charge in [0.1, 0.15) is 5.58 Å². The molecule has 4 nitrogen and oxygen atoms in total. The molecule has 0 radical (unpaired) electrons. The van der Waals surface area contributed by atoms with Crippen molar-refractivity contribution in [1.82, 2.24) is 14.5 Å². The van der Waals surface area contributed by atoms with Gasteiger partial charge in [-0.05, 0) is 52.6 Å². The average molecular weight is 680 g/mol. The zero-order valence-electron chi connectivity index (χ0n) is 29.3. The highest BCUT2D eigenvalue weighted by molar-refractivity contribution is 6.29. The van der Waals surface area contributed by atoms with Crippen molar-refractivity contribution in [2.45, 2.75) is 19.3 Å². The molecule has 4 heteroatoms. The summed E-state index contributed by atoms with van der Waals surface area (Å²) >= 11 is 0. The van der Waals surface area contributed by atoms with Gasteiger partial charge in [-0.1, -0.05) is 147 Å². The number of para-hydroxylation sites is 2. The number of fused-ring (bicyclic) bond motifs is 12. The Kier molecular flexibility index (Phi) is 6.27. The van der Waals surface area contributed by atoms with Crippen molar-refractivity contribution >= 4 is 43.7 Å². The molecule has 3 heterocycles. The topological polar surface area (TPSA) is 43.9 Å². The van der Waals surface area contributed by atoms with Crippen LogP contribution in [0.3, 0.4) is 0 Å². The molecule has 11 rings (SSSR count). The third-order valence-corrected chi connectivity index (χ3v) is 11.2. The number of nitrogens with zero attached hydrogens (tertiary/aromatic N) is 3. The van der Waals surface area contributed by atoms with Crippen LogP contribution in [0, 0.1) is 0 Å². The van der Waals surface area contributed by atoms with Gasteiger partial charge in [0.2, 0.25) is 0 Å². The Morgan fingerprint density at radius 1 is 0.547 bits per heavy atom. The van der Waals surface area contributed by atoms with E-state index in [1.54, 1.807) is 0 Å². The molecule has 0 amide bonds. The van der Waals surface area contributed by atoms with E-state index in [0.29, 0.717) is 5.82 Å². The van der Waals surface area contributed by atoms with E-state index in [0.717, 1.165) is 61.4 Å². The molecule has 250 valence electrons. The van der Waals surface area contributed by atoms with E-state index in [4.69, 9.17) is 14.4 Å². The number of furan rings is 1. The molecule has 1 aliphatic rings. The largest absolute Gasteiger partial charge is 0.454 e. The van der Waals surface area contributed by atoms with Crippen molar-refractivity contribution in [3.05, 3.63) is 175 Å². The van der Waals surface area contributed by atoms with Crippen molar-refractivity contribution in [3.8, 4) is 50.7 Å². The van der Waals surface area contributed by atoms with Crippen molar-refractivity contribution in [2.24, 2.45) is 0 Å². The number of hydrogen-bond acceptors (Lipinski definition) is 3. The van der Waals surface area contributed by atoms with Crippen LogP contribution in [0.5, 0.6) is 0 Å². The zero-order chi connectivity index (χ0) is 35.3. The van der Waals surface area contributed by atoms with Crippen molar-refractivity contribution < 1.29 is 4.42 Å². The molecular weight excluding hydrogens is 647 g/mol. The standard InChI is InChI=1S/C49H33N3O/c1-49(2)37-25-12-9-22-34(37)42-43-36-24-11-14-27-41(36)53-47(43)46-44(45(42)49)35-23-10-13-26-40(35)52(46)33-21-15-20-32(28-33)39-29-38(30-16-5-3-6-17-30)50-48(51-39)31-18-7-4-8-19-31/h3-29H,1-2H3. The second kappa shape index (κ2) is 11.1. The lowest BCUT2D eigenvalue weighted by molar-refractivity contribution is 0.663. The molecular formula is C49H33N3O. The Labute approximate surface area is 306 Å². The molecule has 0 atom stereocenters. The van der Waals surface area contributed by atoms with E-state index in [9.17, 15) is 0 Å². The second-order valence-electron chi connectivity index (χ2n) is 14.5. The highest BCUT2D eigenvalue weighted by Crippen LogP contribution is 2.58. The molecule has 0 bridgehead atoms. The van der Waals surface area contributed by atoms with Gasteiger partial charge in [0.05, 0.1) is 22.4 Å². The number of benzene rings is 7. The molecule has 1 aliphatic carbocycles. The summed E-state index contributed by atoms with van der Waals surface area (Å²) in [5.41, 5.74) is 14.9. The normalized spacial score (nSPS) is 13.2. The first-order chi connectivity index (χ1) is 26.1. The first-order valence-electron chi connectivity index (χ1n) is 18.2. The summed E-state index contributed by atoms with van der Waals surface area (Å²) in [7, 11) is 0. The van der Waals surface area contributed by atoms with E-state index in [1.165, 1.54) is 38.4 Å². The van der Waals surface area contributed by atoms with Crippen LogP contribution >= 0.6 is 0 Å². The fraction of sp³-hybridized carbons (Fsp3) is 0.0612. The van der Waals surface area contributed by atoms with Gasteiger partial charge < -0.3 is 8.98 Å². The van der Waals surface area contributed by atoms with Crippen molar-refractivity contribution in [2.75, 3.05) is 0 Å². The van der Waals surface area contributed by atoms with Gasteiger partial charge in [0.25, 0.3) is 0 Å². The van der Waals surface area contributed by atoms with Crippen molar-refractivity contribution in [3.63, 3.8) is 0 Å². The lowest BCUT2D eigenvalue weighted by Crippen LogP contribution is -2.15. The number of hydrogen-bond donors (Lipinski definition) is 0. The summed E-state index contributed by atoms with van der Waals surface area (Å²) in [6.45, 7) is 4.75. The summed E-state index contributed by atoms with van der Waals surface area (Å²) in [5.74, 6) is 0.700. The minimum absolute atomic E-state index is 0.226. The van der Waals surface area contributed by atoms with E-state index >= 15 is 0 Å². The molecule has 10 aromatic rings. The third kappa shape index (κ3) is 4.30. The summed E-state index contributed by atoms with van der Waals surface area (Å²) in [5, 5.41) is 4.78. The Hall–Kier alpha value is -6.78. The first kappa shape index (κ1) is 29.9. The summed E-state index contributed by atoms with van der Waals surface area (Å²) in [4.78, 5) is 10.2. The monoisotopic (exact) mass is 679 g/mol. The Balaban J connectivity index is 1.23. The number of rotatable bonds is 4. The molecule has 0 N–H and O–H groups in total. The Morgan fingerprint density at radius 3 is 2.00 bits per heavy atom. The molecule has 0 spiro atoms. The molecule has 0 saturated heterocycles. The maximum absolute atomic E-state index is 6.97. The van der Waals surface area contributed by atoms with Crippen LogP contribution in [0.2, 0.25) is 0 Å². The Morgan fingerprint density at radius 2 is 1.19 bits per heavy atom. The second-order valence-corrected chi connectivity index (χ2v) is 14.5. The van der Waals surface area contributed by atoms with Gasteiger partial charge in [0, 0.05) is 49.3 Å². The minimum atomic E-state index is -0.226. The molecule has 3 aromatic heterocycles. The predicted octanol–water partition coefficient (Wildman–Crippen LogP) is 12.8. The fourth-order valence-electron chi connectivity index (χ4n) is 8.83. The smallest absolute Gasteiger partial charge is 0.160 e. The van der Waals surface area contributed by atoms with Crippen LogP contribution in [0.25, 0.3) is 94.5 Å². The van der Waals surface area contributed by atoms with Gasteiger partial charge in [-0.3, -0.25) is 0 Å². The maximum atomic E-state index is 6.97. The lowest BCUT2D eigenvalue weighted by atomic mass is 9.80. The van der Waals surface area contributed by atoms with Crippen LogP contribution < -0.4 is 0 Å². The van der Waals surface area contributed by atoms with E-state index in [-0.39, 0.29) is 5.41 Å². The third-order valence-electron chi connectivity index (χ3n) is 11.2. The first-order valence-corrected chi connectivity index (χ1v) is 18.2. The lowest BCUT2D eigenvalue weighted by Gasteiger charge is -2.23. The van der Waals surface area contributed by atoms with Crippen LogP contribution in [0.15, 0.2) is 168 Å². The van der Waals surface area contributed by atoms with Crippen molar-refractivity contribution in [1.29, 1.82) is 0 Å². The van der Waals surface area contributed by atoms with Crippen LogP contribution in [-0.4, -0.2) is 14.5 Å². The van der Waals surface area contributed by atoms with E-state index < -0.39 is 0 Å². The highest BCUT2D eigenvalue weighted by Gasteiger charge is 2.41. The minimum Gasteiger partial charge on any atom is -0.454 e. The van der Waals surface area contributed by atoms with Gasteiger partial charge >= 0.3 is 0 Å². The molecule has 7 aromatic carbocycles. The summed E-state index contributed by atoms with van der Waals surface area (Å²) in [6.07, 6.45) is 0. The average Bonchev–Trinajstić information content (AvgIpc) is 3.84. The van der Waals surface area contributed by atoms with Gasteiger partial charge in [0.15, 0.2) is 11.4 Å². The van der Waals surface area contributed by atoms with E-state index in [2.05, 4.69) is 158 Å². The predicted molar refractivity (Wildman–Crippen MR) is 218 cm³/mol. The van der Waals surface area contributed by atoms with E-state index in [1.807, 2.05) is 24.3 Å². The summed E-state index contributed by atoms with van der Waals surface area (Å²) < 4.78 is 9.38. The number of aromatic nitrogens is 3. The SMILES string of the molecule is CC1(C)c2ccccc2-c2c1c1c3ccccc3n(-c3cccc(-c4cc(-c5ccccc5)nc(-c5ccccc5)n4)c3)c1c1oc3ccccc3c21. The molecule has 53 heavy (non-hydrogen) atoms. The van der Waals surface area contributed by atoms with Gasteiger partial charge in [-0.2, -0.15) is 0 Å². The summed E-state index contributed by atoms with van der Waals surface area (Å²) in [6, 6.07) is 57.6.